The van der Waals surface area contributed by atoms with Crippen LogP contribution in [0.1, 0.15) is 54.4 Å². The van der Waals surface area contributed by atoms with Crippen molar-refractivity contribution >= 4 is 11.7 Å². The number of carbonyl (C=O) groups is 1. The zero-order valence-electron chi connectivity index (χ0n) is 13.3. The standard InChI is InChI=1S/C18H21NO4/c1-11-4-15(2-3-16(11)19(21)22)17(20)23-18-8-12-5-13(9-18)7-14(6-12)10-18/h2-4,12-14H,5-10H2,1H3. The third-order valence-electron chi connectivity index (χ3n) is 5.92. The van der Waals surface area contributed by atoms with Gasteiger partial charge in [0.15, 0.2) is 0 Å². The Labute approximate surface area is 135 Å². The van der Waals surface area contributed by atoms with Gasteiger partial charge in [0.25, 0.3) is 5.69 Å². The molecule has 23 heavy (non-hydrogen) atoms. The fraction of sp³-hybridized carbons (Fsp3) is 0.611. The lowest BCUT2D eigenvalue weighted by molar-refractivity contribution is -0.385. The summed E-state index contributed by atoms with van der Waals surface area (Å²) in [6.07, 6.45) is 6.89. The van der Waals surface area contributed by atoms with Crippen LogP contribution in [-0.2, 0) is 4.74 Å². The molecular formula is C18H21NO4. The number of esters is 1. The fourth-order valence-corrected chi connectivity index (χ4v) is 5.40. The SMILES string of the molecule is Cc1cc(C(=O)OC23CC4CC(CC(C4)C2)C3)ccc1[N+](=O)[O-]. The minimum atomic E-state index is -0.427. The fourth-order valence-electron chi connectivity index (χ4n) is 5.40. The molecule has 0 aromatic heterocycles. The van der Waals surface area contributed by atoms with Crippen LogP contribution in [0.4, 0.5) is 5.69 Å². The van der Waals surface area contributed by atoms with E-state index in [1.807, 2.05) is 0 Å². The second kappa shape index (κ2) is 5.05. The molecule has 5 rings (SSSR count). The van der Waals surface area contributed by atoms with Gasteiger partial charge in [0.2, 0.25) is 0 Å². The highest BCUT2D eigenvalue weighted by atomic mass is 16.6. The molecule has 4 aliphatic rings. The van der Waals surface area contributed by atoms with Crippen molar-refractivity contribution in [2.24, 2.45) is 17.8 Å². The number of ether oxygens (including phenoxy) is 1. The Morgan fingerprint density at radius 1 is 1.17 bits per heavy atom. The molecular weight excluding hydrogens is 294 g/mol. The molecule has 0 atom stereocenters. The van der Waals surface area contributed by atoms with E-state index in [2.05, 4.69) is 0 Å². The van der Waals surface area contributed by atoms with E-state index in [4.69, 9.17) is 4.74 Å². The van der Waals surface area contributed by atoms with Crippen molar-refractivity contribution in [1.29, 1.82) is 0 Å². The van der Waals surface area contributed by atoms with Crippen molar-refractivity contribution < 1.29 is 14.5 Å². The number of hydrogen-bond acceptors (Lipinski definition) is 4. The quantitative estimate of drug-likeness (QED) is 0.480. The average Bonchev–Trinajstić information content (AvgIpc) is 2.44. The van der Waals surface area contributed by atoms with Gasteiger partial charge in [0.1, 0.15) is 5.60 Å². The lowest BCUT2D eigenvalue weighted by Crippen LogP contribution is -2.52. The molecule has 0 amide bonds. The van der Waals surface area contributed by atoms with Crippen molar-refractivity contribution in [2.45, 2.75) is 51.0 Å². The Morgan fingerprint density at radius 3 is 2.22 bits per heavy atom. The smallest absolute Gasteiger partial charge is 0.338 e. The van der Waals surface area contributed by atoms with Crippen molar-refractivity contribution in [3.63, 3.8) is 0 Å². The Hall–Kier alpha value is -1.91. The predicted octanol–water partition coefficient (Wildman–Crippen LogP) is 4.03. The van der Waals surface area contributed by atoms with E-state index in [1.165, 1.54) is 31.4 Å². The molecule has 1 aromatic rings. The number of nitrogens with zero attached hydrogens (tertiary/aromatic N) is 1. The summed E-state index contributed by atoms with van der Waals surface area (Å²) in [5.41, 5.74) is 0.678. The van der Waals surface area contributed by atoms with Crippen LogP contribution in [0.2, 0.25) is 0 Å². The summed E-state index contributed by atoms with van der Waals surface area (Å²) < 4.78 is 5.98. The second-order valence-electron chi connectivity index (χ2n) is 7.75. The molecule has 4 saturated carbocycles. The number of carbonyl (C=O) groups excluding carboxylic acids is 1. The highest BCUT2D eigenvalue weighted by Gasteiger charge is 2.53. The van der Waals surface area contributed by atoms with E-state index in [0.29, 0.717) is 28.9 Å². The lowest BCUT2D eigenvalue weighted by atomic mass is 9.54. The number of hydrogen-bond donors (Lipinski definition) is 0. The van der Waals surface area contributed by atoms with Crippen LogP contribution in [0.5, 0.6) is 0 Å². The molecule has 0 heterocycles. The summed E-state index contributed by atoms with van der Waals surface area (Å²) in [6.45, 7) is 1.65. The summed E-state index contributed by atoms with van der Waals surface area (Å²) in [5, 5.41) is 10.9. The molecule has 4 fully saturated rings. The third-order valence-corrected chi connectivity index (χ3v) is 5.92. The molecule has 0 aliphatic heterocycles. The van der Waals surface area contributed by atoms with Crippen LogP contribution in [0, 0.1) is 34.8 Å². The van der Waals surface area contributed by atoms with Crippen LogP contribution < -0.4 is 0 Å². The van der Waals surface area contributed by atoms with Crippen molar-refractivity contribution in [2.75, 3.05) is 0 Å². The Balaban J connectivity index is 1.54. The minimum Gasteiger partial charge on any atom is -0.455 e. The molecule has 4 aliphatic carbocycles. The van der Waals surface area contributed by atoms with Crippen molar-refractivity contribution in [1.82, 2.24) is 0 Å². The van der Waals surface area contributed by atoms with Crippen LogP contribution in [-0.4, -0.2) is 16.5 Å². The monoisotopic (exact) mass is 315 g/mol. The molecule has 0 saturated heterocycles. The molecule has 5 nitrogen and oxygen atoms in total. The molecule has 122 valence electrons. The maximum atomic E-state index is 12.6. The van der Waals surface area contributed by atoms with E-state index in [0.717, 1.165) is 19.3 Å². The topological polar surface area (TPSA) is 69.4 Å². The summed E-state index contributed by atoms with van der Waals surface area (Å²) >= 11 is 0. The van der Waals surface area contributed by atoms with Gasteiger partial charge in [0.05, 0.1) is 10.5 Å². The van der Waals surface area contributed by atoms with Crippen molar-refractivity contribution in [3.05, 3.63) is 39.4 Å². The number of nitro benzene ring substituents is 1. The van der Waals surface area contributed by atoms with Gasteiger partial charge >= 0.3 is 5.97 Å². The Morgan fingerprint density at radius 2 is 1.74 bits per heavy atom. The number of aryl methyl sites for hydroxylation is 1. The molecule has 0 N–H and O–H groups in total. The van der Waals surface area contributed by atoms with Gasteiger partial charge in [-0.15, -0.1) is 0 Å². The summed E-state index contributed by atoms with van der Waals surface area (Å²) in [5.74, 6) is 1.82. The van der Waals surface area contributed by atoms with Gasteiger partial charge < -0.3 is 4.74 Å². The van der Waals surface area contributed by atoms with Crippen molar-refractivity contribution in [3.8, 4) is 0 Å². The van der Waals surface area contributed by atoms with E-state index < -0.39 is 4.92 Å². The Bertz CT molecular complexity index is 646. The average molecular weight is 315 g/mol. The van der Waals surface area contributed by atoms with Gasteiger partial charge in [-0.3, -0.25) is 10.1 Å². The van der Waals surface area contributed by atoms with Crippen LogP contribution in [0.25, 0.3) is 0 Å². The van der Waals surface area contributed by atoms with Crippen LogP contribution in [0.3, 0.4) is 0 Å². The van der Waals surface area contributed by atoms with E-state index >= 15 is 0 Å². The van der Waals surface area contributed by atoms with Crippen LogP contribution >= 0.6 is 0 Å². The molecule has 4 bridgehead atoms. The molecule has 1 aromatic carbocycles. The van der Waals surface area contributed by atoms with Crippen LogP contribution in [0.15, 0.2) is 18.2 Å². The van der Waals surface area contributed by atoms with E-state index in [9.17, 15) is 14.9 Å². The van der Waals surface area contributed by atoms with Gasteiger partial charge in [-0.2, -0.15) is 0 Å². The first-order valence-corrected chi connectivity index (χ1v) is 8.42. The van der Waals surface area contributed by atoms with E-state index in [-0.39, 0.29) is 17.3 Å². The summed E-state index contributed by atoms with van der Waals surface area (Å²) in [6, 6.07) is 4.47. The Kier molecular flexibility index (Phi) is 3.22. The highest BCUT2D eigenvalue weighted by molar-refractivity contribution is 5.90. The first-order chi connectivity index (χ1) is 10.9. The van der Waals surface area contributed by atoms with E-state index in [1.54, 1.807) is 13.0 Å². The number of rotatable bonds is 3. The molecule has 0 unspecified atom stereocenters. The summed E-state index contributed by atoms with van der Waals surface area (Å²) in [7, 11) is 0. The lowest BCUT2D eigenvalue weighted by Gasteiger charge is -2.55. The van der Waals surface area contributed by atoms with Gasteiger partial charge in [-0.05, 0) is 75.3 Å². The summed E-state index contributed by atoms with van der Waals surface area (Å²) in [4.78, 5) is 23.0. The zero-order chi connectivity index (χ0) is 16.2. The van der Waals surface area contributed by atoms with Gasteiger partial charge in [0, 0.05) is 11.6 Å². The largest absolute Gasteiger partial charge is 0.455 e. The predicted molar refractivity (Wildman–Crippen MR) is 84.2 cm³/mol. The molecule has 0 spiro atoms. The molecule has 0 radical (unpaired) electrons. The second-order valence-corrected chi connectivity index (χ2v) is 7.75. The maximum Gasteiger partial charge on any atom is 0.338 e. The minimum absolute atomic E-state index is 0.0383. The number of benzene rings is 1. The highest BCUT2D eigenvalue weighted by Crippen LogP contribution is 2.57. The van der Waals surface area contributed by atoms with Gasteiger partial charge in [-0.1, -0.05) is 0 Å². The third kappa shape index (κ3) is 2.52. The maximum absolute atomic E-state index is 12.6. The first-order valence-electron chi connectivity index (χ1n) is 8.42. The first kappa shape index (κ1) is 14.7. The normalized spacial score (nSPS) is 34.4. The molecule has 5 heteroatoms. The number of nitro groups is 1. The van der Waals surface area contributed by atoms with Gasteiger partial charge in [-0.25, -0.2) is 4.79 Å². The zero-order valence-corrected chi connectivity index (χ0v) is 13.3.